The number of rotatable bonds is 6. The quantitative estimate of drug-likeness (QED) is 0.380. The summed E-state index contributed by atoms with van der Waals surface area (Å²) in [7, 11) is 3.70. The van der Waals surface area contributed by atoms with E-state index >= 15 is 0 Å². The van der Waals surface area contributed by atoms with Crippen molar-refractivity contribution in [2.75, 3.05) is 50.1 Å². The molecule has 5 rings (SSSR count). The van der Waals surface area contributed by atoms with Crippen molar-refractivity contribution in [1.29, 1.82) is 5.26 Å². The van der Waals surface area contributed by atoms with Crippen LogP contribution >= 0.6 is 0 Å². The Morgan fingerprint density at radius 3 is 2.11 bits per heavy atom. The molecule has 0 N–H and O–H groups in total. The van der Waals surface area contributed by atoms with Crippen LogP contribution in [0.2, 0.25) is 0 Å². The third-order valence-electron chi connectivity index (χ3n) is 7.42. The van der Waals surface area contributed by atoms with Crippen LogP contribution in [0.25, 0.3) is 10.8 Å². The van der Waals surface area contributed by atoms with E-state index in [0.29, 0.717) is 18.9 Å². The van der Waals surface area contributed by atoms with Crippen molar-refractivity contribution in [2.24, 2.45) is 0 Å². The molecular weight excluding hydrogens is 462 g/mol. The molecule has 0 saturated carbocycles. The van der Waals surface area contributed by atoms with E-state index in [1.54, 1.807) is 0 Å². The highest BCUT2D eigenvalue weighted by atomic mass is 16.2. The van der Waals surface area contributed by atoms with Gasteiger partial charge in [-0.3, -0.25) is 14.5 Å². The van der Waals surface area contributed by atoms with Crippen molar-refractivity contribution < 1.29 is 9.59 Å². The zero-order valence-electron chi connectivity index (χ0n) is 21.4. The third-order valence-corrected chi connectivity index (χ3v) is 7.42. The van der Waals surface area contributed by atoms with Crippen LogP contribution in [0.3, 0.4) is 0 Å². The van der Waals surface area contributed by atoms with E-state index in [4.69, 9.17) is 0 Å². The molecule has 0 radical (unpaired) electrons. The van der Waals surface area contributed by atoms with Gasteiger partial charge in [0.2, 0.25) is 5.91 Å². The van der Waals surface area contributed by atoms with E-state index in [0.717, 1.165) is 31.0 Å². The van der Waals surface area contributed by atoms with E-state index in [-0.39, 0.29) is 30.1 Å². The molecular formula is C30H31N5O2. The molecule has 1 saturated heterocycles. The van der Waals surface area contributed by atoms with E-state index in [1.165, 1.54) is 16.3 Å². The van der Waals surface area contributed by atoms with Crippen LogP contribution in [-0.4, -0.2) is 61.8 Å². The second-order valence-electron chi connectivity index (χ2n) is 9.64. The lowest BCUT2D eigenvalue weighted by molar-refractivity contribution is -0.134. The molecule has 0 atom stereocenters. The average Bonchev–Trinajstić information content (AvgIpc) is 3.18. The summed E-state index contributed by atoms with van der Waals surface area (Å²) in [4.78, 5) is 33.9. The maximum Gasteiger partial charge on any atom is 0.223 e. The van der Waals surface area contributed by atoms with Gasteiger partial charge in [0.25, 0.3) is 0 Å². The van der Waals surface area contributed by atoms with Crippen LogP contribution in [0.4, 0.5) is 11.4 Å². The molecule has 1 amide bonds. The number of nitriles is 1. The smallest absolute Gasteiger partial charge is 0.223 e. The van der Waals surface area contributed by atoms with Gasteiger partial charge >= 0.3 is 0 Å². The van der Waals surface area contributed by atoms with Crippen LogP contribution in [0.1, 0.15) is 18.4 Å². The summed E-state index contributed by atoms with van der Waals surface area (Å²) in [6, 6.07) is 24.7. The van der Waals surface area contributed by atoms with Crippen LogP contribution in [-0.2, 0) is 16.1 Å². The zero-order chi connectivity index (χ0) is 25.9. The third kappa shape index (κ3) is 4.81. The number of hydrogen-bond donors (Lipinski definition) is 0. The number of amides is 1. The molecule has 7 nitrogen and oxygen atoms in total. The molecule has 0 spiro atoms. The number of nitrogens with zero attached hydrogens (tertiary/aromatic N) is 5. The predicted molar refractivity (Wildman–Crippen MR) is 146 cm³/mol. The van der Waals surface area contributed by atoms with Gasteiger partial charge in [-0.1, -0.05) is 54.6 Å². The minimum Gasteiger partial charge on any atom is -0.340 e. The second-order valence-corrected chi connectivity index (χ2v) is 9.64. The SMILES string of the molecule is CN1C(=C(C#N)C(=O)CCC(=O)N2CCN(Cc3cccc4ccccc34)CC2)N(C)c2ccccc21. The second kappa shape index (κ2) is 10.5. The summed E-state index contributed by atoms with van der Waals surface area (Å²) in [5.74, 6) is 0.229. The Morgan fingerprint density at radius 2 is 1.43 bits per heavy atom. The van der Waals surface area contributed by atoms with Crippen LogP contribution in [0.15, 0.2) is 78.1 Å². The lowest BCUT2D eigenvalue weighted by atomic mass is 10.0. The normalized spacial score (nSPS) is 15.6. The van der Waals surface area contributed by atoms with Gasteiger partial charge in [0, 0.05) is 59.7 Å². The van der Waals surface area contributed by atoms with Crippen molar-refractivity contribution >= 4 is 33.8 Å². The van der Waals surface area contributed by atoms with E-state index < -0.39 is 0 Å². The largest absolute Gasteiger partial charge is 0.340 e. The lowest BCUT2D eigenvalue weighted by Gasteiger charge is -2.35. The lowest BCUT2D eigenvalue weighted by Crippen LogP contribution is -2.48. The summed E-state index contributed by atoms with van der Waals surface area (Å²) in [6.07, 6.45) is 0.139. The summed E-state index contributed by atoms with van der Waals surface area (Å²) >= 11 is 0. The van der Waals surface area contributed by atoms with Crippen LogP contribution in [0.5, 0.6) is 0 Å². The van der Waals surface area contributed by atoms with E-state index in [1.807, 2.05) is 53.1 Å². The standard InChI is InChI=1S/C30H31N5O2/c1-32-26-12-5-6-13-27(26)33(2)30(32)25(20-31)28(36)14-15-29(37)35-18-16-34(17-19-35)21-23-10-7-9-22-8-3-4-11-24(22)23/h3-13H,14-19,21H2,1-2H3. The fourth-order valence-electron chi connectivity index (χ4n) is 5.39. The van der Waals surface area contributed by atoms with Crippen molar-refractivity contribution in [3.8, 4) is 6.07 Å². The summed E-state index contributed by atoms with van der Waals surface area (Å²) < 4.78 is 0. The molecule has 0 aliphatic carbocycles. The van der Waals surface area contributed by atoms with Gasteiger partial charge in [-0.05, 0) is 28.5 Å². The molecule has 37 heavy (non-hydrogen) atoms. The number of Topliss-reactive ketones (excluding diaryl/α,β-unsaturated/α-hetero) is 1. The highest BCUT2D eigenvalue weighted by molar-refractivity contribution is 6.03. The summed E-state index contributed by atoms with van der Waals surface area (Å²) in [6.45, 7) is 3.73. The summed E-state index contributed by atoms with van der Waals surface area (Å²) in [5, 5.41) is 12.3. The van der Waals surface area contributed by atoms with Crippen LogP contribution in [0, 0.1) is 11.3 Å². The molecule has 188 valence electrons. The molecule has 3 aromatic carbocycles. The Bertz CT molecular complexity index is 1380. The van der Waals surface area contributed by atoms with Gasteiger partial charge in [-0.25, -0.2) is 0 Å². The predicted octanol–water partition coefficient (Wildman–Crippen LogP) is 4.15. The number of carbonyl (C=O) groups is 2. The minimum atomic E-state index is -0.299. The topological polar surface area (TPSA) is 70.9 Å². The number of ketones is 1. The first-order valence-corrected chi connectivity index (χ1v) is 12.7. The van der Waals surface area contributed by atoms with Crippen molar-refractivity contribution in [3.63, 3.8) is 0 Å². The molecule has 0 bridgehead atoms. The Labute approximate surface area is 217 Å². The number of hydrogen-bond acceptors (Lipinski definition) is 6. The molecule has 1 fully saturated rings. The fraction of sp³-hybridized carbons (Fsp3) is 0.300. The number of para-hydroxylation sites is 2. The van der Waals surface area contributed by atoms with Gasteiger partial charge in [0.1, 0.15) is 17.5 Å². The van der Waals surface area contributed by atoms with Crippen molar-refractivity contribution in [3.05, 3.63) is 83.7 Å². The maximum atomic E-state index is 13.0. The molecule has 2 aliphatic rings. The minimum absolute atomic E-state index is 0.0273. The first kappa shape index (κ1) is 24.5. The van der Waals surface area contributed by atoms with Gasteiger partial charge in [0.15, 0.2) is 5.78 Å². The van der Waals surface area contributed by atoms with Crippen molar-refractivity contribution in [1.82, 2.24) is 9.80 Å². The Balaban J connectivity index is 1.17. The first-order valence-electron chi connectivity index (χ1n) is 12.7. The zero-order valence-corrected chi connectivity index (χ0v) is 21.4. The number of fused-ring (bicyclic) bond motifs is 2. The summed E-state index contributed by atoms with van der Waals surface area (Å²) in [5.41, 5.74) is 3.27. The van der Waals surface area contributed by atoms with E-state index in [2.05, 4.69) is 53.4 Å². The fourth-order valence-corrected chi connectivity index (χ4v) is 5.39. The molecule has 0 unspecified atom stereocenters. The van der Waals surface area contributed by atoms with Crippen molar-refractivity contribution in [2.45, 2.75) is 19.4 Å². The Kier molecular flexibility index (Phi) is 6.93. The molecule has 0 aromatic heterocycles. The van der Waals surface area contributed by atoms with Crippen LogP contribution < -0.4 is 9.80 Å². The van der Waals surface area contributed by atoms with Gasteiger partial charge < -0.3 is 14.7 Å². The highest BCUT2D eigenvalue weighted by Gasteiger charge is 2.31. The van der Waals surface area contributed by atoms with Gasteiger partial charge in [0.05, 0.1) is 11.4 Å². The molecule has 7 heteroatoms. The van der Waals surface area contributed by atoms with E-state index in [9.17, 15) is 14.9 Å². The number of allylic oxidation sites excluding steroid dienone is 1. The number of benzene rings is 3. The maximum absolute atomic E-state index is 13.0. The number of piperazine rings is 1. The molecule has 2 aliphatic heterocycles. The van der Waals surface area contributed by atoms with Gasteiger partial charge in [-0.2, -0.15) is 5.26 Å². The Morgan fingerprint density at radius 1 is 0.811 bits per heavy atom. The molecule has 3 aromatic rings. The average molecular weight is 494 g/mol. The number of carbonyl (C=O) groups excluding carboxylic acids is 2. The number of anilines is 2. The molecule has 2 heterocycles. The highest BCUT2D eigenvalue weighted by Crippen LogP contribution is 2.40. The van der Waals surface area contributed by atoms with Gasteiger partial charge in [-0.15, -0.1) is 0 Å². The Hall–Kier alpha value is -4.15. The first-order chi connectivity index (χ1) is 18.0. The monoisotopic (exact) mass is 493 g/mol.